The van der Waals surface area contributed by atoms with E-state index in [1.807, 2.05) is 0 Å². The average molecular weight is 292 g/mol. The van der Waals surface area contributed by atoms with E-state index in [-0.39, 0.29) is 5.56 Å². The lowest BCUT2D eigenvalue weighted by atomic mass is 10.1. The van der Waals surface area contributed by atoms with Crippen molar-refractivity contribution in [3.05, 3.63) is 35.1 Å². The van der Waals surface area contributed by atoms with Crippen LogP contribution >= 0.6 is 0 Å². The molecule has 1 N–H and O–H groups in total. The third-order valence-corrected chi connectivity index (χ3v) is 4.57. The zero-order valence-corrected chi connectivity index (χ0v) is 12.1. The van der Waals surface area contributed by atoms with Gasteiger partial charge in [-0.3, -0.25) is 9.80 Å². The van der Waals surface area contributed by atoms with Crippen LogP contribution in [-0.4, -0.2) is 53.1 Å². The average Bonchev–Trinajstić information content (AvgIpc) is 3.08. The fourth-order valence-corrected chi connectivity index (χ4v) is 3.45. The maximum absolute atomic E-state index is 13.7. The molecule has 0 bridgehead atoms. The molecule has 4 nitrogen and oxygen atoms in total. The van der Waals surface area contributed by atoms with E-state index in [4.69, 9.17) is 5.11 Å². The normalized spacial score (nSPS) is 23.8. The van der Waals surface area contributed by atoms with Crippen LogP contribution in [0.1, 0.15) is 35.2 Å². The second-order valence-corrected chi connectivity index (χ2v) is 6.04. The van der Waals surface area contributed by atoms with Gasteiger partial charge in [-0.05, 0) is 50.0 Å². The Hall–Kier alpha value is -1.46. The Bertz CT molecular complexity index is 529. The van der Waals surface area contributed by atoms with Crippen molar-refractivity contribution in [2.45, 2.75) is 31.8 Å². The van der Waals surface area contributed by atoms with Crippen LogP contribution in [0.4, 0.5) is 4.39 Å². The molecule has 2 fully saturated rings. The van der Waals surface area contributed by atoms with Gasteiger partial charge in [0, 0.05) is 25.7 Å². The summed E-state index contributed by atoms with van der Waals surface area (Å²) in [6, 6.07) is 5.07. The Kier molecular flexibility index (Phi) is 4.22. The molecule has 0 saturated carbocycles. The summed E-state index contributed by atoms with van der Waals surface area (Å²) in [4.78, 5) is 15.7. The summed E-state index contributed by atoms with van der Waals surface area (Å²) < 4.78 is 13.7. The van der Waals surface area contributed by atoms with E-state index in [2.05, 4.69) is 9.80 Å². The van der Waals surface area contributed by atoms with Crippen LogP contribution in [0.15, 0.2) is 18.2 Å². The number of nitrogens with zero attached hydrogens (tertiary/aromatic N) is 2. The van der Waals surface area contributed by atoms with Crippen LogP contribution in [0.3, 0.4) is 0 Å². The Morgan fingerprint density at radius 3 is 2.71 bits per heavy atom. The number of benzene rings is 1. The highest BCUT2D eigenvalue weighted by atomic mass is 19.1. The molecule has 0 aliphatic carbocycles. The third kappa shape index (κ3) is 3.24. The molecule has 2 heterocycles. The van der Waals surface area contributed by atoms with E-state index in [0.29, 0.717) is 12.6 Å². The van der Waals surface area contributed by atoms with Gasteiger partial charge in [0.05, 0.1) is 5.56 Å². The highest BCUT2D eigenvalue weighted by molar-refractivity contribution is 5.87. The lowest BCUT2D eigenvalue weighted by Gasteiger charge is -2.23. The van der Waals surface area contributed by atoms with Crippen LogP contribution in [-0.2, 0) is 6.54 Å². The molecule has 114 valence electrons. The van der Waals surface area contributed by atoms with E-state index in [9.17, 15) is 9.18 Å². The number of carboxylic acids is 1. The summed E-state index contributed by atoms with van der Waals surface area (Å²) in [5.74, 6) is -1.86. The molecular formula is C16H21FN2O2. The van der Waals surface area contributed by atoms with Gasteiger partial charge in [-0.2, -0.15) is 0 Å². The SMILES string of the molecule is O=C(O)c1ccc(CN2CCC(N3CCCC3)C2)cc1F. The maximum atomic E-state index is 13.7. The summed E-state index contributed by atoms with van der Waals surface area (Å²) in [7, 11) is 0. The Labute approximate surface area is 124 Å². The van der Waals surface area contributed by atoms with Gasteiger partial charge < -0.3 is 5.11 Å². The number of hydrogen-bond donors (Lipinski definition) is 1. The van der Waals surface area contributed by atoms with Crippen molar-refractivity contribution < 1.29 is 14.3 Å². The maximum Gasteiger partial charge on any atom is 0.338 e. The molecule has 2 saturated heterocycles. The summed E-state index contributed by atoms with van der Waals surface area (Å²) in [5, 5.41) is 8.84. The van der Waals surface area contributed by atoms with Gasteiger partial charge in [0.2, 0.25) is 0 Å². The van der Waals surface area contributed by atoms with Gasteiger partial charge in [0.15, 0.2) is 0 Å². The van der Waals surface area contributed by atoms with Crippen molar-refractivity contribution in [2.75, 3.05) is 26.2 Å². The molecular weight excluding hydrogens is 271 g/mol. The monoisotopic (exact) mass is 292 g/mol. The Morgan fingerprint density at radius 2 is 2.05 bits per heavy atom. The molecule has 1 unspecified atom stereocenters. The molecule has 0 radical (unpaired) electrons. The van der Waals surface area contributed by atoms with Crippen LogP contribution in [0.2, 0.25) is 0 Å². The van der Waals surface area contributed by atoms with Gasteiger partial charge in [-0.25, -0.2) is 9.18 Å². The number of halogens is 1. The number of hydrogen-bond acceptors (Lipinski definition) is 3. The van der Waals surface area contributed by atoms with E-state index in [0.717, 1.165) is 18.7 Å². The predicted molar refractivity (Wildman–Crippen MR) is 77.8 cm³/mol. The quantitative estimate of drug-likeness (QED) is 0.924. The molecule has 0 amide bonds. The topological polar surface area (TPSA) is 43.8 Å². The van der Waals surface area contributed by atoms with E-state index < -0.39 is 11.8 Å². The standard InChI is InChI=1S/C16H21FN2O2/c17-15-9-12(3-4-14(15)16(20)21)10-18-8-5-13(11-18)19-6-1-2-7-19/h3-4,9,13H,1-2,5-8,10-11H2,(H,20,21). The molecule has 21 heavy (non-hydrogen) atoms. The number of rotatable bonds is 4. The van der Waals surface area contributed by atoms with Crippen molar-refractivity contribution in [1.29, 1.82) is 0 Å². The van der Waals surface area contributed by atoms with Gasteiger partial charge in [-0.1, -0.05) is 6.07 Å². The van der Waals surface area contributed by atoms with Gasteiger partial charge in [0.1, 0.15) is 5.82 Å². The minimum absolute atomic E-state index is 0.255. The molecule has 3 rings (SSSR count). The fraction of sp³-hybridized carbons (Fsp3) is 0.562. The largest absolute Gasteiger partial charge is 0.478 e. The van der Waals surface area contributed by atoms with Crippen LogP contribution in [0.25, 0.3) is 0 Å². The minimum Gasteiger partial charge on any atom is -0.478 e. The van der Waals surface area contributed by atoms with Crippen LogP contribution < -0.4 is 0 Å². The number of carboxylic acid groups (broad SMARTS) is 1. The van der Waals surface area contributed by atoms with Crippen LogP contribution in [0.5, 0.6) is 0 Å². The predicted octanol–water partition coefficient (Wildman–Crippen LogP) is 2.19. The first-order valence-electron chi connectivity index (χ1n) is 7.61. The molecule has 1 atom stereocenters. The second-order valence-electron chi connectivity index (χ2n) is 6.04. The highest BCUT2D eigenvalue weighted by Crippen LogP contribution is 2.22. The second kappa shape index (κ2) is 6.12. The molecule has 2 aliphatic heterocycles. The molecule has 0 spiro atoms. The van der Waals surface area contributed by atoms with E-state index >= 15 is 0 Å². The van der Waals surface area contributed by atoms with Crippen molar-refractivity contribution in [2.24, 2.45) is 0 Å². The van der Waals surface area contributed by atoms with E-state index in [1.54, 1.807) is 6.07 Å². The summed E-state index contributed by atoms with van der Waals surface area (Å²) in [6.07, 6.45) is 3.78. The molecule has 1 aromatic carbocycles. The molecule has 2 aliphatic rings. The molecule has 0 aromatic heterocycles. The van der Waals surface area contributed by atoms with Crippen LogP contribution in [0, 0.1) is 5.82 Å². The first kappa shape index (κ1) is 14.5. The van der Waals surface area contributed by atoms with Crippen molar-refractivity contribution in [3.8, 4) is 0 Å². The van der Waals surface area contributed by atoms with Crippen molar-refractivity contribution in [1.82, 2.24) is 9.80 Å². The Morgan fingerprint density at radius 1 is 1.29 bits per heavy atom. The highest BCUT2D eigenvalue weighted by Gasteiger charge is 2.29. The fourth-order valence-electron chi connectivity index (χ4n) is 3.45. The summed E-state index contributed by atoms with van der Waals surface area (Å²) in [5.41, 5.74) is 0.592. The van der Waals surface area contributed by atoms with Gasteiger partial charge >= 0.3 is 5.97 Å². The number of likely N-dealkylation sites (tertiary alicyclic amines) is 2. The zero-order chi connectivity index (χ0) is 14.8. The smallest absolute Gasteiger partial charge is 0.338 e. The van der Waals surface area contributed by atoms with E-state index in [1.165, 1.54) is 44.5 Å². The number of carbonyl (C=O) groups is 1. The lowest BCUT2D eigenvalue weighted by molar-refractivity contribution is 0.0692. The summed E-state index contributed by atoms with van der Waals surface area (Å²) >= 11 is 0. The lowest BCUT2D eigenvalue weighted by Crippen LogP contribution is -2.35. The minimum atomic E-state index is -1.21. The third-order valence-electron chi connectivity index (χ3n) is 4.57. The zero-order valence-electron chi connectivity index (χ0n) is 12.1. The molecule has 1 aromatic rings. The van der Waals surface area contributed by atoms with Crippen molar-refractivity contribution >= 4 is 5.97 Å². The van der Waals surface area contributed by atoms with Gasteiger partial charge in [0.25, 0.3) is 0 Å². The summed E-state index contributed by atoms with van der Waals surface area (Å²) in [6.45, 7) is 5.17. The van der Waals surface area contributed by atoms with Crippen molar-refractivity contribution in [3.63, 3.8) is 0 Å². The number of aromatic carboxylic acids is 1. The first-order valence-corrected chi connectivity index (χ1v) is 7.61. The Balaban J connectivity index is 1.60. The molecule has 5 heteroatoms. The first-order chi connectivity index (χ1) is 10.1. The van der Waals surface area contributed by atoms with Gasteiger partial charge in [-0.15, -0.1) is 0 Å².